The van der Waals surface area contributed by atoms with Gasteiger partial charge < -0.3 is 5.32 Å². The zero-order valence-electron chi connectivity index (χ0n) is 15.7. The van der Waals surface area contributed by atoms with E-state index >= 15 is 0 Å². The first kappa shape index (κ1) is 20.3. The standard InChI is InChI=1S/C22H15BrClFN4O/c1-13-2-7-16(24)12-19(13)26-22(30)20-27-21(14-3-8-17(25)9-4-14)29(28-20)18-10-5-15(23)6-11-18/h2-12H,1H3,(H,26,30). The summed E-state index contributed by atoms with van der Waals surface area (Å²) >= 11 is 9.45. The third-order valence-corrected chi connectivity index (χ3v) is 5.20. The molecule has 0 saturated carbocycles. The van der Waals surface area contributed by atoms with Gasteiger partial charge in [-0.1, -0.05) is 33.6 Å². The van der Waals surface area contributed by atoms with Crippen LogP contribution in [0.5, 0.6) is 0 Å². The fourth-order valence-electron chi connectivity index (χ4n) is 2.86. The smallest absolute Gasteiger partial charge is 0.295 e. The fourth-order valence-corrected chi connectivity index (χ4v) is 3.30. The van der Waals surface area contributed by atoms with Crippen molar-refractivity contribution in [2.24, 2.45) is 0 Å². The molecule has 0 radical (unpaired) electrons. The van der Waals surface area contributed by atoms with Crippen molar-refractivity contribution in [2.45, 2.75) is 6.92 Å². The number of hydrogen-bond acceptors (Lipinski definition) is 3. The minimum Gasteiger partial charge on any atom is -0.319 e. The molecule has 8 heteroatoms. The fraction of sp³-hybridized carbons (Fsp3) is 0.0455. The van der Waals surface area contributed by atoms with Gasteiger partial charge in [0.25, 0.3) is 5.91 Å². The van der Waals surface area contributed by atoms with Gasteiger partial charge >= 0.3 is 0 Å². The van der Waals surface area contributed by atoms with Gasteiger partial charge in [0, 0.05) is 20.7 Å². The first-order chi connectivity index (χ1) is 14.4. The maximum absolute atomic E-state index is 13.4. The molecule has 0 atom stereocenters. The minimum absolute atomic E-state index is 0.0170. The van der Waals surface area contributed by atoms with Gasteiger partial charge in [0.05, 0.1) is 5.69 Å². The van der Waals surface area contributed by atoms with Crippen LogP contribution in [0.1, 0.15) is 16.2 Å². The highest BCUT2D eigenvalue weighted by Crippen LogP contribution is 2.24. The number of amides is 1. The van der Waals surface area contributed by atoms with Gasteiger partial charge in [0.1, 0.15) is 5.82 Å². The lowest BCUT2D eigenvalue weighted by molar-refractivity contribution is 0.101. The molecule has 4 rings (SSSR count). The number of nitrogens with zero attached hydrogens (tertiary/aromatic N) is 3. The molecule has 1 heterocycles. The summed E-state index contributed by atoms with van der Waals surface area (Å²) in [5.41, 5.74) is 2.78. The van der Waals surface area contributed by atoms with E-state index in [2.05, 4.69) is 31.3 Å². The molecule has 3 aromatic carbocycles. The number of benzene rings is 3. The number of halogens is 3. The van der Waals surface area contributed by atoms with Crippen molar-refractivity contribution in [2.75, 3.05) is 5.32 Å². The number of carbonyl (C=O) groups excluding carboxylic acids is 1. The Hall–Kier alpha value is -3.03. The van der Waals surface area contributed by atoms with Gasteiger partial charge in [0.15, 0.2) is 5.82 Å². The molecule has 150 valence electrons. The van der Waals surface area contributed by atoms with E-state index in [0.717, 1.165) is 10.0 Å². The Morgan fingerprint density at radius 3 is 2.47 bits per heavy atom. The molecule has 1 N–H and O–H groups in total. The van der Waals surface area contributed by atoms with E-state index in [0.29, 0.717) is 27.8 Å². The summed E-state index contributed by atoms with van der Waals surface area (Å²) in [6.45, 7) is 1.86. The maximum atomic E-state index is 13.4. The molecule has 4 aromatic rings. The quantitative estimate of drug-likeness (QED) is 0.383. The van der Waals surface area contributed by atoms with Gasteiger partial charge in [0.2, 0.25) is 5.82 Å². The number of aromatic nitrogens is 3. The SMILES string of the molecule is Cc1ccc(Cl)cc1NC(=O)c1nc(-c2ccc(F)cc2)n(-c2ccc(Br)cc2)n1. The lowest BCUT2D eigenvalue weighted by Gasteiger charge is -2.07. The molecule has 0 aliphatic heterocycles. The van der Waals surface area contributed by atoms with E-state index in [-0.39, 0.29) is 11.6 Å². The van der Waals surface area contributed by atoms with Crippen LogP contribution in [0, 0.1) is 12.7 Å². The topological polar surface area (TPSA) is 59.8 Å². The molecule has 1 amide bonds. The highest BCUT2D eigenvalue weighted by Gasteiger charge is 2.19. The predicted molar refractivity (Wildman–Crippen MR) is 119 cm³/mol. The number of nitrogens with one attached hydrogen (secondary N) is 1. The largest absolute Gasteiger partial charge is 0.319 e. The molecule has 0 bridgehead atoms. The molecule has 0 spiro atoms. The van der Waals surface area contributed by atoms with Gasteiger partial charge in [-0.3, -0.25) is 4.79 Å². The number of anilines is 1. The van der Waals surface area contributed by atoms with Crippen LogP contribution >= 0.6 is 27.5 Å². The number of hydrogen-bond donors (Lipinski definition) is 1. The van der Waals surface area contributed by atoms with Crippen molar-refractivity contribution in [3.05, 3.63) is 93.4 Å². The van der Waals surface area contributed by atoms with Crippen molar-refractivity contribution in [1.82, 2.24) is 14.8 Å². The van der Waals surface area contributed by atoms with E-state index < -0.39 is 5.91 Å². The highest BCUT2D eigenvalue weighted by atomic mass is 79.9. The lowest BCUT2D eigenvalue weighted by atomic mass is 10.2. The minimum atomic E-state index is -0.473. The summed E-state index contributed by atoms with van der Waals surface area (Å²) in [7, 11) is 0. The van der Waals surface area contributed by atoms with E-state index in [9.17, 15) is 9.18 Å². The number of aryl methyl sites for hydroxylation is 1. The highest BCUT2D eigenvalue weighted by molar-refractivity contribution is 9.10. The Morgan fingerprint density at radius 2 is 1.77 bits per heavy atom. The molecule has 0 saturated heterocycles. The van der Waals surface area contributed by atoms with E-state index in [4.69, 9.17) is 11.6 Å². The summed E-state index contributed by atoms with van der Waals surface area (Å²) in [5, 5.41) is 7.72. The van der Waals surface area contributed by atoms with Crippen LogP contribution < -0.4 is 5.32 Å². The number of carbonyl (C=O) groups is 1. The molecule has 0 unspecified atom stereocenters. The second kappa shape index (κ2) is 8.38. The van der Waals surface area contributed by atoms with Crippen LogP contribution in [0.25, 0.3) is 17.1 Å². The van der Waals surface area contributed by atoms with E-state index in [1.165, 1.54) is 12.1 Å². The normalized spacial score (nSPS) is 10.8. The zero-order chi connectivity index (χ0) is 21.3. The van der Waals surface area contributed by atoms with Gasteiger partial charge in [-0.05, 0) is 73.2 Å². The summed E-state index contributed by atoms with van der Waals surface area (Å²) in [6.07, 6.45) is 0. The second-order valence-corrected chi connectivity index (χ2v) is 7.92. The van der Waals surface area contributed by atoms with Crippen LogP contribution in [0.15, 0.2) is 71.2 Å². The van der Waals surface area contributed by atoms with Crippen molar-refractivity contribution >= 4 is 39.1 Å². The maximum Gasteiger partial charge on any atom is 0.295 e. The van der Waals surface area contributed by atoms with Crippen LogP contribution in [-0.4, -0.2) is 20.7 Å². The zero-order valence-corrected chi connectivity index (χ0v) is 18.1. The molecule has 5 nitrogen and oxygen atoms in total. The number of rotatable bonds is 4. The first-order valence-corrected chi connectivity index (χ1v) is 10.1. The molecule has 1 aromatic heterocycles. The monoisotopic (exact) mass is 484 g/mol. The Morgan fingerprint density at radius 1 is 1.07 bits per heavy atom. The Kier molecular flexibility index (Phi) is 5.65. The first-order valence-electron chi connectivity index (χ1n) is 8.97. The van der Waals surface area contributed by atoms with Gasteiger partial charge in [-0.25, -0.2) is 14.1 Å². The second-order valence-electron chi connectivity index (χ2n) is 6.57. The molecular formula is C22H15BrClFN4O. The van der Waals surface area contributed by atoms with Gasteiger partial charge in [-0.2, -0.15) is 0 Å². The average Bonchev–Trinajstić information content (AvgIpc) is 3.17. The van der Waals surface area contributed by atoms with Gasteiger partial charge in [-0.15, -0.1) is 5.10 Å². The Labute approximate surface area is 185 Å². The third-order valence-electron chi connectivity index (χ3n) is 4.43. The van der Waals surface area contributed by atoms with E-state index in [1.807, 2.05) is 37.3 Å². The van der Waals surface area contributed by atoms with Crippen molar-refractivity contribution in [3.63, 3.8) is 0 Å². The molecular weight excluding hydrogens is 471 g/mol. The average molecular weight is 486 g/mol. The van der Waals surface area contributed by atoms with Crippen molar-refractivity contribution in [3.8, 4) is 17.1 Å². The lowest BCUT2D eigenvalue weighted by Crippen LogP contribution is -2.15. The summed E-state index contributed by atoms with van der Waals surface area (Å²) in [5.74, 6) is -0.427. The van der Waals surface area contributed by atoms with Crippen molar-refractivity contribution < 1.29 is 9.18 Å². The summed E-state index contributed by atoms with van der Waals surface area (Å²) in [6, 6.07) is 18.5. The molecule has 0 fully saturated rings. The molecule has 0 aliphatic carbocycles. The van der Waals surface area contributed by atoms with Crippen LogP contribution in [0.3, 0.4) is 0 Å². The third kappa shape index (κ3) is 4.27. The summed E-state index contributed by atoms with van der Waals surface area (Å²) < 4.78 is 15.9. The van der Waals surface area contributed by atoms with E-state index in [1.54, 1.807) is 28.9 Å². The Bertz CT molecular complexity index is 1160. The Balaban J connectivity index is 1.76. The predicted octanol–water partition coefficient (Wildman–Crippen LogP) is 6.05. The van der Waals surface area contributed by atoms with Crippen LogP contribution in [0.2, 0.25) is 5.02 Å². The molecule has 0 aliphatic rings. The molecule has 30 heavy (non-hydrogen) atoms. The van der Waals surface area contributed by atoms with Crippen molar-refractivity contribution in [1.29, 1.82) is 0 Å². The van der Waals surface area contributed by atoms with Crippen LogP contribution in [-0.2, 0) is 0 Å². The summed E-state index contributed by atoms with van der Waals surface area (Å²) in [4.78, 5) is 17.3. The van der Waals surface area contributed by atoms with Crippen LogP contribution in [0.4, 0.5) is 10.1 Å².